The lowest BCUT2D eigenvalue weighted by molar-refractivity contribution is 0.413. The highest BCUT2D eigenvalue weighted by Crippen LogP contribution is 2.23. The van der Waals surface area contributed by atoms with E-state index < -0.39 is 14.6 Å². The van der Waals surface area contributed by atoms with E-state index in [1.54, 1.807) is 13.8 Å². The van der Waals surface area contributed by atoms with Crippen LogP contribution in [0.2, 0.25) is 0 Å². The highest BCUT2D eigenvalue weighted by atomic mass is 32.2. The third-order valence-corrected chi connectivity index (χ3v) is 6.31. The van der Waals surface area contributed by atoms with Crippen molar-refractivity contribution in [3.63, 3.8) is 0 Å². The highest BCUT2D eigenvalue weighted by molar-refractivity contribution is 7.92. The van der Waals surface area contributed by atoms with Gasteiger partial charge in [-0.25, -0.2) is 8.42 Å². The number of hydrogen-bond acceptors (Lipinski definition) is 3. The van der Waals surface area contributed by atoms with Crippen molar-refractivity contribution >= 4 is 9.84 Å². The number of rotatable bonds is 7. The summed E-state index contributed by atoms with van der Waals surface area (Å²) in [5, 5.41) is 3.33. The lowest BCUT2D eigenvalue weighted by Gasteiger charge is -2.33. The predicted octanol–water partition coefficient (Wildman–Crippen LogP) is 2.59. The summed E-state index contributed by atoms with van der Waals surface area (Å²) in [5.74, 6) is 0. The minimum Gasteiger partial charge on any atom is -0.312 e. The van der Waals surface area contributed by atoms with E-state index >= 15 is 0 Å². The van der Waals surface area contributed by atoms with E-state index in [4.69, 9.17) is 0 Å². The monoisotopic (exact) mass is 297 g/mol. The first-order valence-electron chi connectivity index (χ1n) is 7.23. The molecule has 0 heterocycles. The Bertz CT molecular complexity index is 518. The molecule has 20 heavy (non-hydrogen) atoms. The van der Waals surface area contributed by atoms with Gasteiger partial charge in [0, 0.05) is 12.3 Å². The SMILES string of the molecule is CCNC(Cc1ccc(CC)cc1)C(C)(C)S(C)(=O)=O. The topological polar surface area (TPSA) is 46.2 Å². The first-order chi connectivity index (χ1) is 9.22. The van der Waals surface area contributed by atoms with Crippen LogP contribution in [0.15, 0.2) is 24.3 Å². The van der Waals surface area contributed by atoms with Crippen LogP contribution in [0, 0.1) is 0 Å². The first kappa shape index (κ1) is 17.2. The smallest absolute Gasteiger partial charge is 0.154 e. The maximum Gasteiger partial charge on any atom is 0.154 e. The quantitative estimate of drug-likeness (QED) is 0.841. The van der Waals surface area contributed by atoms with Gasteiger partial charge in [0.2, 0.25) is 0 Å². The molecule has 1 unspecified atom stereocenters. The molecular formula is C16H27NO2S. The van der Waals surface area contributed by atoms with Gasteiger partial charge < -0.3 is 5.32 Å². The van der Waals surface area contributed by atoms with Gasteiger partial charge >= 0.3 is 0 Å². The molecule has 4 heteroatoms. The summed E-state index contributed by atoms with van der Waals surface area (Å²) >= 11 is 0. The van der Waals surface area contributed by atoms with E-state index in [1.807, 2.05) is 6.92 Å². The third-order valence-electron chi connectivity index (χ3n) is 4.12. The van der Waals surface area contributed by atoms with E-state index in [0.717, 1.165) is 19.4 Å². The standard InChI is InChI=1S/C16H27NO2S/c1-6-13-8-10-14(11-9-13)12-15(17-7-2)16(3,4)20(5,18)19/h8-11,15,17H,6-7,12H2,1-5H3. The molecule has 114 valence electrons. The fraction of sp³-hybridized carbons (Fsp3) is 0.625. The van der Waals surface area contributed by atoms with Gasteiger partial charge in [-0.2, -0.15) is 0 Å². The summed E-state index contributed by atoms with van der Waals surface area (Å²) in [6.45, 7) is 8.50. The number of hydrogen-bond donors (Lipinski definition) is 1. The Balaban J connectivity index is 2.97. The van der Waals surface area contributed by atoms with E-state index in [9.17, 15) is 8.42 Å². The van der Waals surface area contributed by atoms with Gasteiger partial charge in [0.25, 0.3) is 0 Å². The number of likely N-dealkylation sites (N-methyl/N-ethyl adjacent to an activating group) is 1. The van der Waals surface area contributed by atoms with Gasteiger partial charge in [-0.1, -0.05) is 38.1 Å². The molecule has 0 spiro atoms. The van der Waals surface area contributed by atoms with Crippen LogP contribution >= 0.6 is 0 Å². The Labute approximate surface area is 123 Å². The van der Waals surface area contributed by atoms with Crippen molar-refractivity contribution in [3.8, 4) is 0 Å². The Kier molecular flexibility index (Phi) is 5.78. The fourth-order valence-corrected chi connectivity index (χ4v) is 2.90. The van der Waals surface area contributed by atoms with Crippen molar-refractivity contribution in [2.24, 2.45) is 0 Å². The lowest BCUT2D eigenvalue weighted by Crippen LogP contribution is -2.52. The second-order valence-corrected chi connectivity index (χ2v) is 8.46. The van der Waals surface area contributed by atoms with Crippen LogP contribution in [0.3, 0.4) is 0 Å². The van der Waals surface area contributed by atoms with Crippen LogP contribution in [0.4, 0.5) is 0 Å². The van der Waals surface area contributed by atoms with Crippen molar-refractivity contribution in [1.29, 1.82) is 0 Å². The lowest BCUT2D eigenvalue weighted by atomic mass is 9.95. The second-order valence-electron chi connectivity index (χ2n) is 5.86. The van der Waals surface area contributed by atoms with Crippen molar-refractivity contribution in [3.05, 3.63) is 35.4 Å². The average molecular weight is 297 g/mol. The van der Waals surface area contributed by atoms with Crippen LogP contribution in [0.25, 0.3) is 0 Å². The molecule has 3 nitrogen and oxygen atoms in total. The molecular weight excluding hydrogens is 270 g/mol. The molecule has 0 amide bonds. The van der Waals surface area contributed by atoms with E-state index in [1.165, 1.54) is 17.4 Å². The number of aryl methyl sites for hydroxylation is 1. The summed E-state index contributed by atoms with van der Waals surface area (Å²) in [7, 11) is -3.12. The fourth-order valence-electron chi connectivity index (χ4n) is 2.22. The van der Waals surface area contributed by atoms with E-state index in [2.05, 4.69) is 36.5 Å². The molecule has 0 aliphatic rings. The summed E-state index contributed by atoms with van der Waals surface area (Å²) < 4.78 is 23.3. The van der Waals surface area contributed by atoms with Crippen molar-refractivity contribution in [2.45, 2.75) is 51.3 Å². The number of benzene rings is 1. The molecule has 0 aliphatic carbocycles. The molecule has 1 aromatic carbocycles. The van der Waals surface area contributed by atoms with Crippen molar-refractivity contribution in [1.82, 2.24) is 5.32 Å². The van der Waals surface area contributed by atoms with E-state index in [0.29, 0.717) is 0 Å². The molecule has 1 atom stereocenters. The first-order valence-corrected chi connectivity index (χ1v) is 9.12. The van der Waals surface area contributed by atoms with Gasteiger partial charge in [-0.3, -0.25) is 0 Å². The maximum absolute atomic E-state index is 12.0. The van der Waals surface area contributed by atoms with Gasteiger partial charge in [-0.15, -0.1) is 0 Å². The third kappa shape index (κ3) is 4.06. The second kappa shape index (κ2) is 6.72. The molecule has 0 radical (unpaired) electrons. The number of nitrogens with one attached hydrogen (secondary N) is 1. The molecule has 1 rings (SSSR count). The largest absolute Gasteiger partial charge is 0.312 e. The normalized spacial score (nSPS) is 14.2. The molecule has 0 aromatic heterocycles. The summed E-state index contributed by atoms with van der Waals surface area (Å²) in [4.78, 5) is 0. The predicted molar refractivity (Wildman–Crippen MR) is 85.9 cm³/mol. The zero-order valence-electron chi connectivity index (χ0n) is 13.2. The zero-order valence-corrected chi connectivity index (χ0v) is 14.0. The van der Waals surface area contributed by atoms with Gasteiger partial charge in [0.05, 0.1) is 4.75 Å². The van der Waals surface area contributed by atoms with Crippen LogP contribution < -0.4 is 5.32 Å². The summed E-state index contributed by atoms with van der Waals surface area (Å²) in [5.41, 5.74) is 2.47. The molecule has 0 aliphatic heterocycles. The van der Waals surface area contributed by atoms with Crippen LogP contribution in [0.1, 0.15) is 38.8 Å². The maximum atomic E-state index is 12.0. The Hall–Kier alpha value is -0.870. The highest BCUT2D eigenvalue weighted by Gasteiger charge is 2.38. The molecule has 0 fully saturated rings. The minimum absolute atomic E-state index is 0.0880. The van der Waals surface area contributed by atoms with Crippen LogP contribution in [0.5, 0.6) is 0 Å². The van der Waals surface area contributed by atoms with Crippen LogP contribution in [-0.4, -0.2) is 32.0 Å². The molecule has 1 aromatic rings. The van der Waals surface area contributed by atoms with Gasteiger partial charge in [0.1, 0.15) is 0 Å². The van der Waals surface area contributed by atoms with Crippen LogP contribution in [-0.2, 0) is 22.7 Å². The molecule has 1 N–H and O–H groups in total. The van der Waals surface area contributed by atoms with Crippen molar-refractivity contribution in [2.75, 3.05) is 12.8 Å². The Morgan fingerprint density at radius 3 is 2.00 bits per heavy atom. The van der Waals surface area contributed by atoms with Gasteiger partial charge in [0.15, 0.2) is 9.84 Å². The average Bonchev–Trinajstić information content (AvgIpc) is 2.37. The minimum atomic E-state index is -3.12. The number of sulfone groups is 1. The molecule has 0 saturated heterocycles. The molecule has 0 bridgehead atoms. The van der Waals surface area contributed by atoms with E-state index in [-0.39, 0.29) is 6.04 Å². The Morgan fingerprint density at radius 1 is 1.10 bits per heavy atom. The Morgan fingerprint density at radius 2 is 1.60 bits per heavy atom. The van der Waals surface area contributed by atoms with Crippen molar-refractivity contribution < 1.29 is 8.42 Å². The summed E-state index contributed by atoms with van der Waals surface area (Å²) in [6, 6.07) is 8.34. The molecule has 0 saturated carbocycles. The zero-order chi connectivity index (χ0) is 15.4. The van der Waals surface area contributed by atoms with Gasteiger partial charge in [-0.05, 0) is 44.4 Å². The summed E-state index contributed by atoms with van der Waals surface area (Å²) in [6.07, 6.45) is 3.06.